The lowest BCUT2D eigenvalue weighted by Crippen LogP contribution is -2.29. The van der Waals surface area contributed by atoms with E-state index in [9.17, 15) is 20.3 Å². The van der Waals surface area contributed by atoms with Crippen LogP contribution in [0.1, 0.15) is 11.7 Å². The first-order chi connectivity index (χ1) is 8.51. The van der Waals surface area contributed by atoms with Gasteiger partial charge in [0.25, 0.3) is 0 Å². The molecule has 0 radical (unpaired) electrons. The van der Waals surface area contributed by atoms with Crippen molar-refractivity contribution in [3.05, 3.63) is 33.9 Å². The Balaban J connectivity index is 3.04. The van der Waals surface area contributed by atoms with Crippen LogP contribution in [0.4, 0.5) is 5.69 Å². The summed E-state index contributed by atoms with van der Waals surface area (Å²) >= 11 is 0. The zero-order valence-corrected chi connectivity index (χ0v) is 10.2. The van der Waals surface area contributed by atoms with Gasteiger partial charge in [-0.1, -0.05) is 6.07 Å². The number of benzene rings is 1. The highest BCUT2D eigenvalue weighted by atomic mass is 16.6. The minimum atomic E-state index is -1.19. The fraction of sp³-hybridized carbons (Fsp3) is 0.455. The summed E-state index contributed by atoms with van der Waals surface area (Å²) in [6, 6.07) is 4.07. The Bertz CT molecular complexity index is 424. The monoisotopic (exact) mass is 256 g/mol. The van der Waals surface area contributed by atoms with Crippen molar-refractivity contribution in [1.82, 2.24) is 5.32 Å². The van der Waals surface area contributed by atoms with Crippen LogP contribution in [0.15, 0.2) is 18.2 Å². The number of likely N-dealkylation sites (N-methyl/N-ethyl adjacent to an activating group) is 1. The van der Waals surface area contributed by atoms with Crippen LogP contribution in [-0.2, 0) is 0 Å². The molecular formula is C11H16N2O5. The minimum Gasteiger partial charge on any atom is -0.490 e. The SMILES string of the molecule is CNCC(O)C(O)c1ccc(OC)c([N+](=O)[O-])c1. The summed E-state index contributed by atoms with van der Waals surface area (Å²) in [6.45, 7) is 0.182. The third-order valence-corrected chi connectivity index (χ3v) is 2.52. The van der Waals surface area contributed by atoms with E-state index in [0.717, 1.165) is 0 Å². The standard InChI is InChI=1S/C11H16N2O5/c1-12-6-9(14)11(15)7-3-4-10(18-2)8(5-7)13(16)17/h3-5,9,11-12,14-15H,6H2,1-2H3. The summed E-state index contributed by atoms with van der Waals surface area (Å²) in [7, 11) is 2.96. The first-order valence-electron chi connectivity index (χ1n) is 5.34. The molecule has 100 valence electrons. The molecule has 18 heavy (non-hydrogen) atoms. The van der Waals surface area contributed by atoms with E-state index in [2.05, 4.69) is 5.32 Å². The number of nitro benzene ring substituents is 1. The third-order valence-electron chi connectivity index (χ3n) is 2.52. The summed E-state index contributed by atoms with van der Waals surface area (Å²) in [5.74, 6) is 0.110. The zero-order chi connectivity index (χ0) is 13.7. The molecule has 0 saturated carbocycles. The third kappa shape index (κ3) is 3.16. The molecule has 2 atom stereocenters. The predicted molar refractivity (Wildman–Crippen MR) is 64.5 cm³/mol. The van der Waals surface area contributed by atoms with Gasteiger partial charge in [-0.05, 0) is 18.7 Å². The molecule has 0 fully saturated rings. The van der Waals surface area contributed by atoms with Gasteiger partial charge in [0.15, 0.2) is 5.75 Å². The van der Waals surface area contributed by atoms with Crippen LogP contribution in [0.2, 0.25) is 0 Å². The molecule has 1 aromatic rings. The molecule has 0 aliphatic rings. The Kier molecular flexibility index (Phi) is 5.02. The molecule has 2 unspecified atom stereocenters. The van der Waals surface area contributed by atoms with Crippen LogP contribution < -0.4 is 10.1 Å². The number of hydrogen-bond acceptors (Lipinski definition) is 6. The highest BCUT2D eigenvalue weighted by Gasteiger charge is 2.22. The van der Waals surface area contributed by atoms with Crippen molar-refractivity contribution in [1.29, 1.82) is 0 Å². The molecule has 0 saturated heterocycles. The Labute approximate surface area is 104 Å². The lowest BCUT2D eigenvalue weighted by Gasteiger charge is -2.17. The number of aliphatic hydroxyl groups is 2. The lowest BCUT2D eigenvalue weighted by atomic mass is 10.0. The van der Waals surface area contributed by atoms with Crippen molar-refractivity contribution >= 4 is 5.69 Å². The highest BCUT2D eigenvalue weighted by molar-refractivity contribution is 5.49. The summed E-state index contributed by atoms with van der Waals surface area (Å²) in [6.07, 6.45) is -2.23. The van der Waals surface area contributed by atoms with E-state index >= 15 is 0 Å². The van der Waals surface area contributed by atoms with Crippen LogP contribution in [0.5, 0.6) is 5.75 Å². The van der Waals surface area contributed by atoms with Crippen molar-refractivity contribution in [3.8, 4) is 5.75 Å². The van der Waals surface area contributed by atoms with Gasteiger partial charge in [0, 0.05) is 12.6 Å². The second-order valence-corrected chi connectivity index (χ2v) is 3.76. The maximum atomic E-state index is 10.8. The Morgan fingerprint density at radius 2 is 2.17 bits per heavy atom. The van der Waals surface area contributed by atoms with E-state index in [1.54, 1.807) is 7.05 Å². The largest absolute Gasteiger partial charge is 0.490 e. The van der Waals surface area contributed by atoms with E-state index in [4.69, 9.17) is 4.74 Å². The Morgan fingerprint density at radius 3 is 2.67 bits per heavy atom. The minimum absolute atomic E-state index is 0.110. The molecule has 0 spiro atoms. The van der Waals surface area contributed by atoms with Gasteiger partial charge >= 0.3 is 5.69 Å². The van der Waals surface area contributed by atoms with Gasteiger partial charge in [0.2, 0.25) is 0 Å². The van der Waals surface area contributed by atoms with Gasteiger partial charge < -0.3 is 20.3 Å². The summed E-state index contributed by atoms with van der Waals surface area (Å²) in [4.78, 5) is 10.2. The Hall–Kier alpha value is -1.70. The van der Waals surface area contributed by atoms with Gasteiger partial charge in [0.1, 0.15) is 6.10 Å². The molecule has 0 aromatic heterocycles. The molecule has 7 heteroatoms. The number of methoxy groups -OCH3 is 1. The van der Waals surface area contributed by atoms with Crippen molar-refractivity contribution in [2.24, 2.45) is 0 Å². The second kappa shape index (κ2) is 6.29. The topological polar surface area (TPSA) is 105 Å². The number of rotatable bonds is 6. The van der Waals surface area contributed by atoms with E-state index < -0.39 is 17.1 Å². The van der Waals surface area contributed by atoms with E-state index in [0.29, 0.717) is 0 Å². The normalized spacial score (nSPS) is 14.0. The van der Waals surface area contributed by atoms with Crippen molar-refractivity contribution in [2.45, 2.75) is 12.2 Å². The van der Waals surface area contributed by atoms with E-state index in [1.165, 1.54) is 25.3 Å². The molecule has 0 bridgehead atoms. The maximum Gasteiger partial charge on any atom is 0.311 e. The first-order valence-corrected chi connectivity index (χ1v) is 5.34. The number of nitrogens with zero attached hydrogens (tertiary/aromatic N) is 1. The fourth-order valence-electron chi connectivity index (χ4n) is 1.58. The number of ether oxygens (including phenoxy) is 1. The van der Waals surface area contributed by atoms with Crippen molar-refractivity contribution in [3.63, 3.8) is 0 Å². The molecule has 1 aromatic carbocycles. The second-order valence-electron chi connectivity index (χ2n) is 3.76. The molecule has 0 aliphatic carbocycles. The van der Waals surface area contributed by atoms with Gasteiger partial charge in [-0.2, -0.15) is 0 Å². The van der Waals surface area contributed by atoms with Crippen LogP contribution >= 0.6 is 0 Å². The van der Waals surface area contributed by atoms with Crippen LogP contribution in [-0.4, -0.2) is 41.9 Å². The quantitative estimate of drug-likeness (QED) is 0.496. The van der Waals surface area contributed by atoms with Crippen molar-refractivity contribution in [2.75, 3.05) is 20.7 Å². The smallest absolute Gasteiger partial charge is 0.311 e. The average Bonchev–Trinajstić information content (AvgIpc) is 2.37. The highest BCUT2D eigenvalue weighted by Crippen LogP contribution is 2.30. The van der Waals surface area contributed by atoms with Gasteiger partial charge in [-0.15, -0.1) is 0 Å². The summed E-state index contributed by atoms with van der Waals surface area (Å²) in [5, 5.41) is 33.0. The average molecular weight is 256 g/mol. The lowest BCUT2D eigenvalue weighted by molar-refractivity contribution is -0.385. The molecule has 7 nitrogen and oxygen atoms in total. The number of nitrogens with one attached hydrogen (secondary N) is 1. The fourth-order valence-corrected chi connectivity index (χ4v) is 1.58. The first kappa shape index (κ1) is 14.4. The van der Waals surface area contributed by atoms with E-state index in [-0.39, 0.29) is 23.5 Å². The molecular weight excluding hydrogens is 240 g/mol. The molecule has 1 rings (SSSR count). The van der Waals surface area contributed by atoms with Crippen molar-refractivity contribution < 1.29 is 19.9 Å². The predicted octanol–water partition coefficient (Wildman–Crippen LogP) is 0.217. The Morgan fingerprint density at radius 1 is 1.50 bits per heavy atom. The molecule has 0 aliphatic heterocycles. The zero-order valence-electron chi connectivity index (χ0n) is 10.2. The van der Waals surface area contributed by atoms with Crippen LogP contribution in [0.3, 0.4) is 0 Å². The van der Waals surface area contributed by atoms with E-state index in [1.807, 2.05) is 0 Å². The van der Waals surface area contributed by atoms with Gasteiger partial charge in [-0.25, -0.2) is 0 Å². The molecule has 0 amide bonds. The van der Waals surface area contributed by atoms with Crippen LogP contribution in [0, 0.1) is 10.1 Å². The summed E-state index contributed by atoms with van der Waals surface area (Å²) < 4.78 is 4.85. The number of hydrogen-bond donors (Lipinski definition) is 3. The molecule has 3 N–H and O–H groups in total. The molecule has 0 heterocycles. The number of nitro groups is 1. The van der Waals surface area contributed by atoms with Gasteiger partial charge in [0.05, 0.1) is 18.1 Å². The van der Waals surface area contributed by atoms with Gasteiger partial charge in [-0.3, -0.25) is 10.1 Å². The number of aliphatic hydroxyl groups excluding tert-OH is 2. The maximum absolute atomic E-state index is 10.8. The summed E-state index contributed by atoms with van der Waals surface area (Å²) in [5.41, 5.74) is 0.0240. The van der Waals surface area contributed by atoms with Crippen LogP contribution in [0.25, 0.3) is 0 Å².